The zero-order valence-corrected chi connectivity index (χ0v) is 6.48. The van der Waals surface area contributed by atoms with Gasteiger partial charge in [-0.15, -0.1) is 0 Å². The van der Waals surface area contributed by atoms with Crippen molar-refractivity contribution in [3.05, 3.63) is 38.3 Å². The van der Waals surface area contributed by atoms with Gasteiger partial charge in [-0.1, -0.05) is 0 Å². The lowest BCUT2D eigenvalue weighted by Crippen LogP contribution is -2.11. The minimum atomic E-state index is -0.628. The summed E-state index contributed by atoms with van der Waals surface area (Å²) < 4.78 is 0. The van der Waals surface area contributed by atoms with E-state index in [0.29, 0.717) is 0 Å². The molecule has 0 spiro atoms. The SMILES string of the molecule is N#CCc1cc([N+](=O)[O-])c[nH]c1=O. The van der Waals surface area contributed by atoms with E-state index >= 15 is 0 Å². The molecule has 0 atom stereocenters. The van der Waals surface area contributed by atoms with Crippen molar-refractivity contribution in [1.82, 2.24) is 4.98 Å². The molecule has 1 N–H and O–H groups in total. The standard InChI is InChI=1S/C7H5N3O3/c8-2-1-5-3-6(10(12)13)4-9-7(5)11/h3-4H,1H2,(H,9,11). The minimum absolute atomic E-state index is 0.108. The Balaban J connectivity index is 3.20. The van der Waals surface area contributed by atoms with Crippen LogP contribution < -0.4 is 5.56 Å². The Bertz CT molecular complexity index is 429. The van der Waals surface area contributed by atoms with Crippen LogP contribution in [0.3, 0.4) is 0 Å². The first-order chi connectivity index (χ1) is 6.15. The maximum atomic E-state index is 11.0. The molecule has 1 rings (SSSR count). The molecule has 0 aliphatic rings. The fraction of sp³-hybridized carbons (Fsp3) is 0.143. The van der Waals surface area contributed by atoms with Crippen LogP contribution in [-0.4, -0.2) is 9.91 Å². The van der Waals surface area contributed by atoms with Crippen molar-refractivity contribution in [3.8, 4) is 6.07 Å². The maximum Gasteiger partial charge on any atom is 0.285 e. The Morgan fingerprint density at radius 2 is 2.38 bits per heavy atom. The molecule has 1 aromatic rings. The summed E-state index contributed by atoms with van der Waals surface area (Å²) in [4.78, 5) is 22.8. The van der Waals surface area contributed by atoms with Gasteiger partial charge in [-0.25, -0.2) is 0 Å². The van der Waals surface area contributed by atoms with E-state index in [1.165, 1.54) is 0 Å². The first-order valence-corrected chi connectivity index (χ1v) is 3.38. The van der Waals surface area contributed by atoms with E-state index < -0.39 is 10.5 Å². The molecule has 0 unspecified atom stereocenters. The van der Waals surface area contributed by atoms with Crippen molar-refractivity contribution in [1.29, 1.82) is 5.26 Å². The van der Waals surface area contributed by atoms with Gasteiger partial charge < -0.3 is 4.98 Å². The first-order valence-electron chi connectivity index (χ1n) is 3.38. The van der Waals surface area contributed by atoms with Gasteiger partial charge in [-0.3, -0.25) is 14.9 Å². The molecule has 0 aliphatic heterocycles. The van der Waals surface area contributed by atoms with E-state index in [9.17, 15) is 14.9 Å². The highest BCUT2D eigenvalue weighted by Crippen LogP contribution is 2.07. The number of rotatable bonds is 2. The summed E-state index contributed by atoms with van der Waals surface area (Å²) in [6.07, 6.45) is 0.875. The van der Waals surface area contributed by atoms with Crippen molar-refractivity contribution in [2.45, 2.75) is 6.42 Å². The molecule has 0 bridgehead atoms. The Labute approximate surface area is 72.6 Å². The van der Waals surface area contributed by atoms with Crippen molar-refractivity contribution >= 4 is 5.69 Å². The molecule has 1 aromatic heterocycles. The van der Waals surface area contributed by atoms with Crippen LogP contribution in [0.5, 0.6) is 0 Å². The molecule has 0 radical (unpaired) electrons. The third-order valence-corrected chi connectivity index (χ3v) is 1.45. The highest BCUT2D eigenvalue weighted by molar-refractivity contribution is 5.31. The number of hydrogen-bond donors (Lipinski definition) is 1. The molecule has 66 valence electrons. The summed E-state index contributed by atoms with van der Waals surface area (Å²) in [6, 6.07) is 2.85. The van der Waals surface area contributed by atoms with Crippen molar-refractivity contribution in [2.75, 3.05) is 0 Å². The molecule has 0 fully saturated rings. The van der Waals surface area contributed by atoms with Gasteiger partial charge in [0.2, 0.25) is 0 Å². The van der Waals surface area contributed by atoms with Crippen LogP contribution in [0.4, 0.5) is 5.69 Å². The quantitative estimate of drug-likeness (QED) is 0.522. The molecular weight excluding hydrogens is 174 g/mol. The molecule has 0 aliphatic carbocycles. The van der Waals surface area contributed by atoms with Gasteiger partial charge >= 0.3 is 0 Å². The monoisotopic (exact) mass is 179 g/mol. The molecule has 13 heavy (non-hydrogen) atoms. The summed E-state index contributed by atoms with van der Waals surface area (Å²) in [6.45, 7) is 0. The van der Waals surface area contributed by atoms with Gasteiger partial charge in [0.05, 0.1) is 23.6 Å². The predicted octanol–water partition coefficient (Wildman–Crippen LogP) is 0.349. The third kappa shape index (κ3) is 1.90. The highest BCUT2D eigenvalue weighted by atomic mass is 16.6. The van der Waals surface area contributed by atoms with Gasteiger partial charge in [0.15, 0.2) is 0 Å². The average molecular weight is 179 g/mol. The minimum Gasteiger partial charge on any atom is -0.323 e. The lowest BCUT2D eigenvalue weighted by atomic mass is 10.2. The molecule has 0 saturated carbocycles. The van der Waals surface area contributed by atoms with E-state index in [1.807, 2.05) is 0 Å². The molecule has 0 aromatic carbocycles. The molecule has 0 saturated heterocycles. The maximum absolute atomic E-state index is 11.0. The topological polar surface area (TPSA) is 99.8 Å². The summed E-state index contributed by atoms with van der Waals surface area (Å²) in [5, 5.41) is 18.6. The lowest BCUT2D eigenvalue weighted by Gasteiger charge is -1.93. The summed E-state index contributed by atoms with van der Waals surface area (Å²) in [5.74, 6) is 0. The average Bonchev–Trinajstić information content (AvgIpc) is 2.08. The molecule has 0 amide bonds. The second-order valence-electron chi connectivity index (χ2n) is 2.30. The van der Waals surface area contributed by atoms with Crippen LogP contribution in [0, 0.1) is 21.4 Å². The Morgan fingerprint density at radius 1 is 1.69 bits per heavy atom. The van der Waals surface area contributed by atoms with E-state index in [0.717, 1.165) is 12.3 Å². The van der Waals surface area contributed by atoms with Gasteiger partial charge in [-0.2, -0.15) is 5.26 Å². The van der Waals surface area contributed by atoms with Gasteiger partial charge in [0.25, 0.3) is 11.2 Å². The second-order valence-corrected chi connectivity index (χ2v) is 2.30. The van der Waals surface area contributed by atoms with E-state index in [-0.39, 0.29) is 17.7 Å². The first kappa shape index (κ1) is 8.93. The van der Waals surface area contributed by atoms with Crippen LogP contribution in [0.15, 0.2) is 17.1 Å². The lowest BCUT2D eigenvalue weighted by molar-refractivity contribution is -0.385. The molecular formula is C7H5N3O3. The van der Waals surface area contributed by atoms with Gasteiger partial charge in [0.1, 0.15) is 0 Å². The number of aromatic amines is 1. The van der Waals surface area contributed by atoms with Crippen molar-refractivity contribution in [3.63, 3.8) is 0 Å². The number of nitriles is 1. The predicted molar refractivity (Wildman–Crippen MR) is 43.0 cm³/mol. The summed E-state index contributed by atoms with van der Waals surface area (Å²) in [7, 11) is 0. The number of H-pyrrole nitrogens is 1. The van der Waals surface area contributed by atoms with Gasteiger partial charge in [-0.05, 0) is 0 Å². The number of pyridine rings is 1. The van der Waals surface area contributed by atoms with Crippen LogP contribution >= 0.6 is 0 Å². The van der Waals surface area contributed by atoms with Crippen LogP contribution in [0.25, 0.3) is 0 Å². The van der Waals surface area contributed by atoms with Crippen LogP contribution in [-0.2, 0) is 6.42 Å². The fourth-order valence-electron chi connectivity index (χ4n) is 0.840. The van der Waals surface area contributed by atoms with Crippen molar-refractivity contribution < 1.29 is 4.92 Å². The smallest absolute Gasteiger partial charge is 0.285 e. The number of hydrogen-bond acceptors (Lipinski definition) is 4. The van der Waals surface area contributed by atoms with E-state index in [4.69, 9.17) is 5.26 Å². The van der Waals surface area contributed by atoms with Crippen molar-refractivity contribution in [2.24, 2.45) is 0 Å². The fourth-order valence-corrected chi connectivity index (χ4v) is 0.840. The second kappa shape index (κ2) is 3.49. The molecule has 6 heteroatoms. The third-order valence-electron chi connectivity index (χ3n) is 1.45. The number of nitrogens with zero attached hydrogens (tertiary/aromatic N) is 2. The normalized spacial score (nSPS) is 9.15. The van der Waals surface area contributed by atoms with Gasteiger partial charge in [0, 0.05) is 11.6 Å². The molecule has 6 nitrogen and oxygen atoms in total. The van der Waals surface area contributed by atoms with Crippen LogP contribution in [0.1, 0.15) is 5.56 Å². The Morgan fingerprint density at radius 3 is 2.92 bits per heavy atom. The van der Waals surface area contributed by atoms with E-state index in [1.54, 1.807) is 6.07 Å². The zero-order valence-electron chi connectivity index (χ0n) is 6.48. The number of nitro groups is 1. The van der Waals surface area contributed by atoms with Crippen LogP contribution in [0.2, 0.25) is 0 Å². The number of nitrogens with one attached hydrogen (secondary N) is 1. The summed E-state index contributed by atoms with van der Waals surface area (Å²) in [5.41, 5.74) is -0.575. The summed E-state index contributed by atoms with van der Waals surface area (Å²) >= 11 is 0. The zero-order chi connectivity index (χ0) is 9.84. The Kier molecular flexibility index (Phi) is 2.40. The number of aromatic nitrogens is 1. The largest absolute Gasteiger partial charge is 0.323 e. The highest BCUT2D eigenvalue weighted by Gasteiger charge is 2.08. The molecule has 1 heterocycles. The Hall–Kier alpha value is -2.16. The van der Waals surface area contributed by atoms with E-state index in [2.05, 4.69) is 4.98 Å².